The first-order valence-corrected chi connectivity index (χ1v) is 5.38. The molecule has 0 saturated heterocycles. The van der Waals surface area contributed by atoms with E-state index in [0.29, 0.717) is 5.75 Å². The van der Waals surface area contributed by atoms with Crippen LogP contribution in [0.2, 0.25) is 0 Å². The zero-order valence-corrected chi connectivity index (χ0v) is 10.0. The molecule has 0 spiro atoms. The largest absolute Gasteiger partial charge is 0.476 e. The Morgan fingerprint density at radius 2 is 1.94 bits per heavy atom. The molecule has 92 valence electrons. The van der Waals surface area contributed by atoms with E-state index in [-0.39, 0.29) is 11.6 Å². The number of nitrogens with zero attached hydrogens (tertiary/aromatic N) is 2. The molecule has 18 heavy (non-hydrogen) atoms. The van der Waals surface area contributed by atoms with Gasteiger partial charge in [0.1, 0.15) is 5.75 Å². The minimum atomic E-state index is -1.16. The Kier molecular flexibility index (Phi) is 3.23. The molecule has 0 aliphatic heterocycles. The summed E-state index contributed by atoms with van der Waals surface area (Å²) < 4.78 is 5.53. The fourth-order valence-electron chi connectivity index (χ4n) is 1.49. The maximum absolute atomic E-state index is 11.0. The molecular weight excluding hydrogens is 232 g/mol. The van der Waals surface area contributed by atoms with Crippen LogP contribution in [0.4, 0.5) is 0 Å². The van der Waals surface area contributed by atoms with Gasteiger partial charge in [-0.15, -0.1) is 0 Å². The summed E-state index contributed by atoms with van der Waals surface area (Å²) in [5.41, 5.74) is 1.81. The van der Waals surface area contributed by atoms with Crippen molar-refractivity contribution in [3.8, 4) is 11.6 Å². The molecule has 0 bridgehead atoms. The highest BCUT2D eigenvalue weighted by atomic mass is 16.5. The molecule has 0 saturated carbocycles. The van der Waals surface area contributed by atoms with Crippen LogP contribution in [0.5, 0.6) is 11.6 Å². The quantitative estimate of drug-likeness (QED) is 0.898. The molecule has 1 heterocycles. The van der Waals surface area contributed by atoms with Gasteiger partial charge >= 0.3 is 5.97 Å². The van der Waals surface area contributed by atoms with Crippen LogP contribution in [0, 0.1) is 13.8 Å². The van der Waals surface area contributed by atoms with Gasteiger partial charge in [-0.05, 0) is 31.0 Å². The molecule has 0 amide bonds. The van der Waals surface area contributed by atoms with Crippen molar-refractivity contribution in [2.75, 3.05) is 0 Å². The summed E-state index contributed by atoms with van der Waals surface area (Å²) in [4.78, 5) is 18.6. The van der Waals surface area contributed by atoms with Gasteiger partial charge in [0.2, 0.25) is 5.69 Å². The minimum absolute atomic E-state index is 0.00120. The first-order valence-electron chi connectivity index (χ1n) is 5.38. The van der Waals surface area contributed by atoms with Gasteiger partial charge in [0.25, 0.3) is 5.88 Å². The molecular formula is C13H12N2O3. The number of carbonyl (C=O) groups is 1. The fraction of sp³-hybridized carbons (Fsp3) is 0.154. The van der Waals surface area contributed by atoms with Gasteiger partial charge in [-0.25, -0.2) is 14.8 Å². The topological polar surface area (TPSA) is 72.3 Å². The van der Waals surface area contributed by atoms with Crippen LogP contribution in [-0.4, -0.2) is 21.0 Å². The zero-order valence-electron chi connectivity index (χ0n) is 10.0. The van der Waals surface area contributed by atoms with E-state index in [1.165, 1.54) is 12.4 Å². The molecule has 0 aliphatic rings. The Bertz CT molecular complexity index is 597. The summed E-state index contributed by atoms with van der Waals surface area (Å²) >= 11 is 0. The Labute approximate surface area is 104 Å². The van der Waals surface area contributed by atoms with Gasteiger partial charge in [-0.1, -0.05) is 12.1 Å². The van der Waals surface area contributed by atoms with E-state index in [9.17, 15) is 4.79 Å². The number of aromatic nitrogens is 2. The number of ether oxygens (including phenoxy) is 1. The molecule has 5 heteroatoms. The predicted molar refractivity (Wildman–Crippen MR) is 65.0 cm³/mol. The molecule has 1 N–H and O–H groups in total. The standard InChI is InChI=1S/C13H12N2O3/c1-8-4-3-5-10(9(8)2)18-12-11(13(16)17)14-6-7-15-12/h3-7H,1-2H3,(H,16,17). The number of aromatic carboxylic acids is 1. The third-order valence-electron chi connectivity index (χ3n) is 2.63. The number of hydrogen-bond acceptors (Lipinski definition) is 4. The van der Waals surface area contributed by atoms with Crippen LogP contribution in [0.25, 0.3) is 0 Å². The molecule has 0 aliphatic carbocycles. The summed E-state index contributed by atoms with van der Waals surface area (Å²) in [5, 5.41) is 8.99. The van der Waals surface area contributed by atoms with E-state index in [1.54, 1.807) is 6.07 Å². The number of rotatable bonds is 3. The first kappa shape index (κ1) is 12.0. The lowest BCUT2D eigenvalue weighted by Gasteiger charge is -2.10. The Hall–Kier alpha value is -2.43. The van der Waals surface area contributed by atoms with Crippen LogP contribution in [0.1, 0.15) is 21.6 Å². The van der Waals surface area contributed by atoms with E-state index in [1.807, 2.05) is 26.0 Å². The molecule has 2 aromatic rings. The summed E-state index contributed by atoms with van der Waals surface area (Å²) in [7, 11) is 0. The predicted octanol–water partition coefficient (Wildman–Crippen LogP) is 2.58. The molecule has 1 aromatic carbocycles. The van der Waals surface area contributed by atoms with Gasteiger partial charge < -0.3 is 9.84 Å². The van der Waals surface area contributed by atoms with Crippen molar-refractivity contribution in [2.45, 2.75) is 13.8 Å². The van der Waals surface area contributed by atoms with E-state index in [0.717, 1.165) is 11.1 Å². The average Bonchev–Trinajstić information content (AvgIpc) is 2.35. The third kappa shape index (κ3) is 2.29. The minimum Gasteiger partial charge on any atom is -0.476 e. The van der Waals surface area contributed by atoms with Crippen LogP contribution < -0.4 is 4.74 Å². The number of carboxylic acids is 1. The van der Waals surface area contributed by atoms with Crippen molar-refractivity contribution in [1.82, 2.24) is 9.97 Å². The number of hydrogen-bond donors (Lipinski definition) is 1. The van der Waals surface area contributed by atoms with E-state index in [2.05, 4.69) is 9.97 Å². The molecule has 0 radical (unpaired) electrons. The highest BCUT2D eigenvalue weighted by Gasteiger charge is 2.15. The SMILES string of the molecule is Cc1cccc(Oc2nccnc2C(=O)O)c1C. The molecule has 1 aromatic heterocycles. The zero-order chi connectivity index (χ0) is 13.1. The van der Waals surface area contributed by atoms with Gasteiger partial charge in [-0.3, -0.25) is 0 Å². The van der Waals surface area contributed by atoms with E-state index in [4.69, 9.17) is 9.84 Å². The number of aryl methyl sites for hydroxylation is 1. The van der Waals surface area contributed by atoms with Crippen molar-refractivity contribution in [3.63, 3.8) is 0 Å². The monoisotopic (exact) mass is 244 g/mol. The van der Waals surface area contributed by atoms with Crippen molar-refractivity contribution in [3.05, 3.63) is 47.4 Å². The number of benzene rings is 1. The molecule has 0 atom stereocenters. The van der Waals surface area contributed by atoms with Crippen LogP contribution in [0.3, 0.4) is 0 Å². The van der Waals surface area contributed by atoms with Gasteiger partial charge in [0.15, 0.2) is 0 Å². The summed E-state index contributed by atoms with van der Waals surface area (Å²) in [6.07, 6.45) is 2.71. The third-order valence-corrected chi connectivity index (χ3v) is 2.63. The van der Waals surface area contributed by atoms with Crippen LogP contribution >= 0.6 is 0 Å². The van der Waals surface area contributed by atoms with Crippen molar-refractivity contribution < 1.29 is 14.6 Å². The second-order valence-corrected chi connectivity index (χ2v) is 3.82. The normalized spacial score (nSPS) is 10.1. The second kappa shape index (κ2) is 4.83. The Morgan fingerprint density at radius 1 is 1.22 bits per heavy atom. The van der Waals surface area contributed by atoms with Crippen molar-refractivity contribution >= 4 is 5.97 Å². The fourth-order valence-corrected chi connectivity index (χ4v) is 1.49. The lowest BCUT2D eigenvalue weighted by Crippen LogP contribution is -2.05. The summed E-state index contributed by atoms with van der Waals surface area (Å²) in [6, 6.07) is 5.56. The maximum Gasteiger partial charge on any atom is 0.360 e. The van der Waals surface area contributed by atoms with Gasteiger partial charge in [-0.2, -0.15) is 0 Å². The van der Waals surface area contributed by atoms with E-state index >= 15 is 0 Å². The number of carboxylic acid groups (broad SMARTS) is 1. The summed E-state index contributed by atoms with van der Waals surface area (Å²) in [6.45, 7) is 3.86. The molecule has 0 unspecified atom stereocenters. The highest BCUT2D eigenvalue weighted by Crippen LogP contribution is 2.26. The maximum atomic E-state index is 11.0. The average molecular weight is 244 g/mol. The smallest absolute Gasteiger partial charge is 0.360 e. The first-order chi connectivity index (χ1) is 8.59. The van der Waals surface area contributed by atoms with Crippen molar-refractivity contribution in [1.29, 1.82) is 0 Å². The lowest BCUT2D eigenvalue weighted by molar-refractivity contribution is 0.0686. The van der Waals surface area contributed by atoms with Crippen LogP contribution in [-0.2, 0) is 0 Å². The van der Waals surface area contributed by atoms with Gasteiger partial charge in [0.05, 0.1) is 0 Å². The second-order valence-electron chi connectivity index (χ2n) is 3.82. The highest BCUT2D eigenvalue weighted by molar-refractivity contribution is 5.87. The van der Waals surface area contributed by atoms with Crippen LogP contribution in [0.15, 0.2) is 30.6 Å². The Morgan fingerprint density at radius 3 is 2.67 bits per heavy atom. The molecule has 5 nitrogen and oxygen atoms in total. The summed E-state index contributed by atoms with van der Waals surface area (Å²) in [5.74, 6) is -0.583. The van der Waals surface area contributed by atoms with Gasteiger partial charge in [0, 0.05) is 12.4 Å². The lowest BCUT2D eigenvalue weighted by atomic mass is 10.1. The van der Waals surface area contributed by atoms with Crippen molar-refractivity contribution in [2.24, 2.45) is 0 Å². The van der Waals surface area contributed by atoms with E-state index < -0.39 is 5.97 Å². The Balaban J connectivity index is 2.40. The molecule has 0 fully saturated rings. The molecule has 2 rings (SSSR count).